The molecule has 4 heterocycles. The van der Waals surface area contributed by atoms with Crippen molar-refractivity contribution in [2.75, 3.05) is 12.3 Å². The number of carbonyl (C=O) groups excluding carboxylic acids is 2. The van der Waals surface area contributed by atoms with E-state index in [1.807, 2.05) is 0 Å². The van der Waals surface area contributed by atoms with Crippen LogP contribution in [0.4, 0.5) is 5.82 Å². The molecule has 0 aromatic carbocycles. The number of nitrogen functional groups attached to an aromatic ring is 1. The molecule has 4 unspecified atom stereocenters. The Morgan fingerprint density at radius 3 is 2.16 bits per heavy atom. The number of nitrogens with two attached hydrogens (primary N) is 2. The fourth-order valence-electron chi connectivity index (χ4n) is 6.32. The highest BCUT2D eigenvalue weighted by Crippen LogP contribution is 2.49. The predicted molar refractivity (Wildman–Crippen MR) is 168 cm³/mol. The lowest BCUT2D eigenvalue weighted by Crippen LogP contribution is -2.66. The van der Waals surface area contributed by atoms with Crippen molar-refractivity contribution in [1.82, 2.24) is 14.5 Å². The first kappa shape index (κ1) is 34.0. The first-order chi connectivity index (χ1) is 20.6. The second-order valence-electron chi connectivity index (χ2n) is 12.7. The Bertz CT molecular complexity index is 1400. The van der Waals surface area contributed by atoms with Gasteiger partial charge in [0.2, 0.25) is 0 Å². The summed E-state index contributed by atoms with van der Waals surface area (Å²) in [5.74, 6) is -1.15. The second kappa shape index (κ2) is 12.8. The molecule has 16 heteroatoms. The van der Waals surface area contributed by atoms with E-state index in [0.717, 1.165) is 0 Å². The van der Waals surface area contributed by atoms with Gasteiger partial charge in [-0.25, -0.2) is 14.8 Å². The Balaban J connectivity index is 1.90. The van der Waals surface area contributed by atoms with Crippen molar-refractivity contribution in [3.05, 3.63) is 18.1 Å². The lowest BCUT2D eigenvalue weighted by Gasteiger charge is -2.51. The maximum atomic E-state index is 12.6. The van der Waals surface area contributed by atoms with Gasteiger partial charge >= 0.3 is 29.1 Å². The molecule has 0 saturated carbocycles. The van der Waals surface area contributed by atoms with E-state index in [1.165, 1.54) is 20.2 Å². The van der Waals surface area contributed by atoms with Crippen molar-refractivity contribution >= 4 is 51.7 Å². The van der Waals surface area contributed by atoms with Crippen molar-refractivity contribution < 1.29 is 36.9 Å². The zero-order valence-electron chi connectivity index (χ0n) is 27.2. The van der Waals surface area contributed by atoms with Gasteiger partial charge in [0, 0.05) is 20.0 Å². The largest absolute Gasteiger partial charge is 0.455 e. The number of anilines is 1. The van der Waals surface area contributed by atoms with Gasteiger partial charge in [0.15, 0.2) is 18.2 Å². The van der Waals surface area contributed by atoms with E-state index in [1.54, 1.807) is 10.8 Å². The van der Waals surface area contributed by atoms with E-state index >= 15 is 0 Å². The van der Waals surface area contributed by atoms with E-state index in [4.69, 9.17) is 38.7 Å². The molecule has 4 rings (SSSR count). The number of aromatic nitrogens is 3. The molecule has 0 bridgehead atoms. The number of amidine groups is 1. The summed E-state index contributed by atoms with van der Waals surface area (Å²) in [6.07, 6.45) is -0.208. The van der Waals surface area contributed by atoms with E-state index in [0.29, 0.717) is 16.6 Å². The van der Waals surface area contributed by atoms with Gasteiger partial charge in [-0.2, -0.15) is 0 Å². The summed E-state index contributed by atoms with van der Waals surface area (Å²) in [6, 6.07) is 0. The number of fused-ring (bicyclic) bond motifs is 2. The number of rotatable bonds is 8. The van der Waals surface area contributed by atoms with Gasteiger partial charge in [-0.3, -0.25) is 4.79 Å². The molecular weight excluding hydrogens is 605 g/mol. The van der Waals surface area contributed by atoms with Gasteiger partial charge in [-0.1, -0.05) is 60.5 Å². The van der Waals surface area contributed by atoms with Gasteiger partial charge < -0.3 is 43.3 Å². The number of nitrogens with zero attached hydrogens (tertiary/aromatic N) is 4. The summed E-state index contributed by atoms with van der Waals surface area (Å²) in [5.41, 5.74) is 13.5. The second-order valence-corrected chi connectivity index (χ2v) is 21.5. The highest BCUT2D eigenvalue weighted by molar-refractivity contribution is 6.84. The first-order valence-corrected chi connectivity index (χ1v) is 19.0. The third kappa shape index (κ3) is 6.02. The Hall–Kier alpha value is -2.90. The molecule has 2 saturated heterocycles. The van der Waals surface area contributed by atoms with Crippen LogP contribution in [0.3, 0.4) is 0 Å². The highest BCUT2D eigenvalue weighted by atomic mass is 28.5. The van der Waals surface area contributed by atoms with Gasteiger partial charge in [-0.15, -0.1) is 0 Å². The molecule has 0 spiro atoms. The van der Waals surface area contributed by atoms with E-state index in [9.17, 15) is 9.59 Å². The van der Waals surface area contributed by atoms with Crippen LogP contribution in [0.15, 0.2) is 17.7 Å². The van der Waals surface area contributed by atoms with Crippen molar-refractivity contribution in [2.45, 2.75) is 116 Å². The molecule has 0 radical (unpaired) electrons. The van der Waals surface area contributed by atoms with Gasteiger partial charge in [-0.05, 0) is 22.2 Å². The number of hydrogen-bond acceptors (Lipinski definition) is 12. The fraction of sp³-hybridized carbons (Fsp3) is 0.679. The van der Waals surface area contributed by atoms with Gasteiger partial charge in [0.25, 0.3) is 0 Å². The third-order valence-electron chi connectivity index (χ3n) is 8.38. The lowest BCUT2D eigenvalue weighted by atomic mass is 10.1. The molecule has 2 aromatic rings. The van der Waals surface area contributed by atoms with Crippen LogP contribution in [0.2, 0.25) is 22.2 Å². The van der Waals surface area contributed by atoms with Crippen LogP contribution in [0.5, 0.6) is 0 Å². The monoisotopic (exact) mass is 650 g/mol. The summed E-state index contributed by atoms with van der Waals surface area (Å²) >= 11 is 0. The maximum absolute atomic E-state index is 12.6. The summed E-state index contributed by atoms with van der Waals surface area (Å²) < 4.78 is 35.7. The van der Waals surface area contributed by atoms with Crippen LogP contribution >= 0.6 is 0 Å². The van der Waals surface area contributed by atoms with Gasteiger partial charge in [0.05, 0.1) is 17.6 Å². The normalized spacial score (nSPS) is 25.4. The Labute approximate surface area is 260 Å². The Morgan fingerprint density at radius 1 is 1.00 bits per heavy atom. The molecular formula is C28H46N6O8Si2. The van der Waals surface area contributed by atoms with Crippen molar-refractivity contribution in [1.29, 1.82) is 0 Å². The molecule has 2 aromatic heterocycles. The summed E-state index contributed by atoms with van der Waals surface area (Å²) in [4.78, 5) is 37.3. The standard InChI is InChI=1S/C28H46N6O8Si2/c1-14(2)43(15(3)4)37-12-21-23(41-44(42-43,16(5)6)17(7)8)24(38-18(9)35)28(39-21)34-11-20(25(29)33-40-19(10)36)22-26(30)31-13-32-27(22)34/h11,13-17,21,23-24,28H,12H2,1-10H3,(H2,29,33)(H2,30,31,32). The zero-order valence-corrected chi connectivity index (χ0v) is 29.2. The Morgan fingerprint density at radius 2 is 1.61 bits per heavy atom. The molecule has 244 valence electrons. The lowest BCUT2D eigenvalue weighted by molar-refractivity contribution is -0.155. The predicted octanol–water partition coefficient (Wildman–Crippen LogP) is 3.98. The summed E-state index contributed by atoms with van der Waals surface area (Å²) in [7, 11) is -5.91. The minimum absolute atomic E-state index is 0.0510. The molecule has 2 aliphatic heterocycles. The zero-order chi connectivity index (χ0) is 32.7. The number of oxime groups is 1. The average Bonchev–Trinajstić information content (AvgIpc) is 3.45. The maximum Gasteiger partial charge on any atom is 0.335 e. The summed E-state index contributed by atoms with van der Waals surface area (Å²) in [6.45, 7) is 19.8. The highest BCUT2D eigenvalue weighted by Gasteiger charge is 2.62. The van der Waals surface area contributed by atoms with Crippen molar-refractivity contribution in [3.63, 3.8) is 0 Å². The molecule has 4 atom stereocenters. The number of esters is 1. The third-order valence-corrected chi connectivity index (χ3v) is 18.6. The molecule has 0 amide bonds. The van der Waals surface area contributed by atoms with Crippen molar-refractivity contribution in [3.8, 4) is 0 Å². The average molecular weight is 651 g/mol. The molecule has 2 aliphatic rings. The molecule has 0 aliphatic carbocycles. The number of ether oxygens (including phenoxy) is 2. The number of hydrogen-bond donors (Lipinski definition) is 2. The quantitative estimate of drug-likeness (QED) is 0.105. The minimum atomic E-state index is -3.06. The van der Waals surface area contributed by atoms with Crippen LogP contribution in [0.1, 0.15) is 81.0 Å². The van der Waals surface area contributed by atoms with E-state index in [2.05, 4.69) is 70.5 Å². The topological polar surface area (TPSA) is 185 Å². The molecule has 44 heavy (non-hydrogen) atoms. The number of carbonyl (C=O) groups is 2. The van der Waals surface area contributed by atoms with Crippen LogP contribution < -0.4 is 11.5 Å². The van der Waals surface area contributed by atoms with E-state index in [-0.39, 0.29) is 40.4 Å². The van der Waals surface area contributed by atoms with Crippen LogP contribution in [-0.2, 0) is 36.9 Å². The van der Waals surface area contributed by atoms with Crippen LogP contribution in [0.25, 0.3) is 11.0 Å². The minimum Gasteiger partial charge on any atom is -0.455 e. The van der Waals surface area contributed by atoms with Gasteiger partial charge in [0.1, 0.15) is 30.0 Å². The van der Waals surface area contributed by atoms with Crippen molar-refractivity contribution in [2.24, 2.45) is 10.9 Å². The summed E-state index contributed by atoms with van der Waals surface area (Å²) in [5, 5.41) is 4.11. The molecule has 4 N–H and O–H groups in total. The van der Waals surface area contributed by atoms with Crippen LogP contribution in [0, 0.1) is 0 Å². The van der Waals surface area contributed by atoms with Crippen LogP contribution in [-0.4, -0.2) is 74.3 Å². The molecule has 2 fully saturated rings. The SMILES string of the molecule is CC(=O)ON=C(N)c1cn(C2OC3CO[Si](C(C)C)(C(C)C)O[Si](C(C)C)(C(C)C)OC3C2OC(C)=O)c2ncnc(N)c12. The van der Waals surface area contributed by atoms with E-state index < -0.39 is 53.6 Å². The first-order valence-electron chi connectivity index (χ1n) is 15.0. The Kier molecular flexibility index (Phi) is 9.92. The fourth-order valence-corrected chi connectivity index (χ4v) is 17.5. The molecule has 14 nitrogen and oxygen atoms in total. The smallest absolute Gasteiger partial charge is 0.335 e.